The lowest BCUT2D eigenvalue weighted by molar-refractivity contribution is 0.610. The van der Waals surface area contributed by atoms with Gasteiger partial charge in [-0.2, -0.15) is 8.42 Å². The summed E-state index contributed by atoms with van der Waals surface area (Å²) in [6.07, 6.45) is 1.34. The lowest BCUT2D eigenvalue weighted by Crippen LogP contribution is -2.12. The van der Waals surface area contributed by atoms with Crippen LogP contribution in [0.5, 0.6) is 0 Å². The van der Waals surface area contributed by atoms with Crippen molar-refractivity contribution in [2.24, 2.45) is 3.77 Å². The minimum absolute atomic E-state index is 0.0459. The summed E-state index contributed by atoms with van der Waals surface area (Å²) in [5, 5.41) is 7.37. The highest BCUT2D eigenvalue weighted by Gasteiger charge is 2.22. The maximum atomic E-state index is 12.7. The molecule has 1 atom stereocenters. The van der Waals surface area contributed by atoms with Gasteiger partial charge >= 0.3 is 9.24 Å². The van der Waals surface area contributed by atoms with E-state index in [0.29, 0.717) is 5.69 Å². The summed E-state index contributed by atoms with van der Waals surface area (Å²) in [7, 11) is -2.50. The van der Waals surface area contributed by atoms with Gasteiger partial charge in [0.05, 0.1) is 0 Å². The van der Waals surface area contributed by atoms with E-state index in [2.05, 4.69) is 14.0 Å². The molecule has 0 fully saturated rings. The van der Waals surface area contributed by atoms with Gasteiger partial charge in [0.2, 0.25) is 5.16 Å². The summed E-state index contributed by atoms with van der Waals surface area (Å²) < 4.78 is 39.6. The van der Waals surface area contributed by atoms with E-state index in [1.165, 1.54) is 17.8 Å². The fourth-order valence-electron chi connectivity index (χ4n) is 1.57. The van der Waals surface area contributed by atoms with Crippen molar-refractivity contribution in [1.29, 1.82) is 0 Å². The minimum atomic E-state index is -4.28. The normalized spacial score (nSPS) is 14.7. The molecule has 1 heterocycles. The van der Waals surface area contributed by atoms with E-state index in [1.54, 1.807) is 24.3 Å². The van der Waals surface area contributed by atoms with Crippen molar-refractivity contribution in [1.82, 2.24) is 14.8 Å². The Balaban J connectivity index is 2.69. The van der Waals surface area contributed by atoms with Crippen LogP contribution in [0.15, 0.2) is 45.6 Å². The first-order valence-corrected chi connectivity index (χ1v) is 9.47. The Kier molecular flexibility index (Phi) is 4.11. The number of aromatic nitrogens is 3. The zero-order valence-corrected chi connectivity index (χ0v) is 12.8. The molecule has 108 valence electrons. The van der Waals surface area contributed by atoms with Crippen LogP contribution in [0.3, 0.4) is 0 Å². The van der Waals surface area contributed by atoms with E-state index in [-0.39, 0.29) is 10.9 Å². The predicted octanol–water partition coefficient (Wildman–Crippen LogP) is 1.60. The minimum Gasteiger partial charge on any atom is -0.274 e. The highest BCUT2D eigenvalue weighted by Crippen LogP contribution is 2.18. The summed E-state index contributed by atoms with van der Waals surface area (Å²) in [5.74, 6) is -0.0511. The summed E-state index contributed by atoms with van der Waals surface area (Å²) >= 11 is 0. The topological polar surface area (TPSA) is 94.3 Å². The number of hydrogen-bond acceptors (Lipinski definition) is 5. The molecule has 0 N–H and O–H groups in total. The fraction of sp³-hybridized carbons (Fsp3) is 0.200. The van der Waals surface area contributed by atoms with Crippen LogP contribution in [0.2, 0.25) is 0 Å². The Bertz CT molecular complexity index is 823. The van der Waals surface area contributed by atoms with Gasteiger partial charge < -0.3 is 0 Å². The van der Waals surface area contributed by atoms with Crippen LogP contribution in [0, 0.1) is 0 Å². The Morgan fingerprint density at radius 2 is 1.90 bits per heavy atom. The lowest BCUT2D eigenvalue weighted by Gasteiger charge is -2.08. The summed E-state index contributed by atoms with van der Waals surface area (Å²) in [6.45, 7) is 1.54. The quantitative estimate of drug-likeness (QED) is 0.791. The molecule has 0 saturated carbocycles. The highest BCUT2D eigenvalue weighted by molar-refractivity contribution is 8.17. The van der Waals surface area contributed by atoms with Crippen molar-refractivity contribution >= 4 is 29.6 Å². The smallest absolute Gasteiger partial charge is 0.274 e. The third kappa shape index (κ3) is 3.17. The van der Waals surface area contributed by atoms with Crippen LogP contribution in [-0.4, -0.2) is 33.1 Å². The molecular weight excluding hydrogens is 324 g/mol. The average Bonchev–Trinajstić information content (AvgIpc) is 2.87. The summed E-state index contributed by atoms with van der Waals surface area (Å²) in [5.41, 5.74) is 0.649. The molecule has 0 unspecified atom stereocenters. The molecule has 0 bridgehead atoms. The van der Waals surface area contributed by atoms with Gasteiger partial charge in [0.15, 0.2) is 0 Å². The van der Waals surface area contributed by atoms with Gasteiger partial charge in [0.25, 0.3) is 0 Å². The number of nitrogens with zero attached hydrogens (tertiary/aromatic N) is 4. The van der Waals surface area contributed by atoms with Gasteiger partial charge in [-0.3, -0.25) is 4.57 Å². The fourth-order valence-corrected chi connectivity index (χ4v) is 5.12. The van der Waals surface area contributed by atoms with Crippen LogP contribution in [0.4, 0.5) is 0 Å². The summed E-state index contributed by atoms with van der Waals surface area (Å²) in [4.78, 5) is 0. The zero-order valence-electron chi connectivity index (χ0n) is 10.4. The predicted molar refractivity (Wildman–Crippen MR) is 75.5 cm³/mol. The largest absolute Gasteiger partial charge is 0.347 e. The second-order valence-electron chi connectivity index (χ2n) is 3.73. The van der Waals surface area contributed by atoms with Gasteiger partial charge in [-0.05, 0) is 12.1 Å². The third-order valence-electron chi connectivity index (χ3n) is 2.44. The summed E-state index contributed by atoms with van der Waals surface area (Å²) in [6, 6.07) is 8.87. The molecule has 1 aromatic heterocycles. The van der Waals surface area contributed by atoms with Crippen molar-refractivity contribution in [3.8, 4) is 5.69 Å². The highest BCUT2D eigenvalue weighted by atomic mass is 35.7. The first-order chi connectivity index (χ1) is 9.36. The van der Waals surface area contributed by atoms with E-state index in [9.17, 15) is 12.6 Å². The number of rotatable bonds is 4. The Hall–Kier alpha value is -1.45. The molecule has 0 saturated heterocycles. The number of halogens is 1. The molecule has 10 heteroatoms. The standard InChI is InChI=1S/C10H11ClN4O3S2/c1-2-19(16,14-20(11,17)18)10-13-12-8-15(10)9-6-4-3-5-7-9/h3-8H,2H2,1H3/t19-/m0/s1. The van der Waals surface area contributed by atoms with Crippen LogP contribution in [0.25, 0.3) is 5.69 Å². The van der Waals surface area contributed by atoms with Crippen molar-refractivity contribution in [2.45, 2.75) is 12.1 Å². The molecule has 0 radical (unpaired) electrons. The third-order valence-corrected chi connectivity index (χ3v) is 6.25. The first-order valence-electron chi connectivity index (χ1n) is 5.52. The van der Waals surface area contributed by atoms with E-state index in [1.807, 2.05) is 6.07 Å². The lowest BCUT2D eigenvalue weighted by atomic mass is 10.3. The van der Waals surface area contributed by atoms with Crippen LogP contribution in [-0.2, 0) is 19.0 Å². The molecular formula is C10H11ClN4O3S2. The van der Waals surface area contributed by atoms with Gasteiger partial charge in [-0.25, -0.2) is 4.21 Å². The molecule has 20 heavy (non-hydrogen) atoms. The Labute approximate surface area is 121 Å². The van der Waals surface area contributed by atoms with Crippen LogP contribution < -0.4 is 0 Å². The molecule has 0 aliphatic rings. The average molecular weight is 335 g/mol. The molecule has 0 aliphatic heterocycles. The van der Waals surface area contributed by atoms with Crippen molar-refractivity contribution in [3.05, 3.63) is 36.7 Å². The molecule has 0 aliphatic carbocycles. The number of para-hydroxylation sites is 1. The maximum absolute atomic E-state index is 12.7. The molecule has 0 amide bonds. The Morgan fingerprint density at radius 1 is 1.25 bits per heavy atom. The second-order valence-corrected chi connectivity index (χ2v) is 8.55. The van der Waals surface area contributed by atoms with E-state index in [4.69, 9.17) is 10.7 Å². The second kappa shape index (κ2) is 5.51. The molecule has 1 aromatic carbocycles. The number of benzene rings is 1. The van der Waals surface area contributed by atoms with Gasteiger partial charge in [-0.15, -0.1) is 10.2 Å². The SMILES string of the molecule is CC[S@@](=O)(=NS(=O)(=O)Cl)c1nncn1-c1ccccc1. The van der Waals surface area contributed by atoms with E-state index in [0.717, 1.165) is 0 Å². The van der Waals surface area contributed by atoms with E-state index < -0.39 is 19.0 Å². The molecule has 0 spiro atoms. The number of hydrogen-bond donors (Lipinski definition) is 0. The zero-order chi connectivity index (χ0) is 14.8. The van der Waals surface area contributed by atoms with Crippen LogP contribution >= 0.6 is 10.7 Å². The monoisotopic (exact) mass is 334 g/mol. The molecule has 2 aromatic rings. The molecule has 7 nitrogen and oxygen atoms in total. The van der Waals surface area contributed by atoms with E-state index >= 15 is 0 Å². The first kappa shape index (κ1) is 14.9. The van der Waals surface area contributed by atoms with Crippen molar-refractivity contribution < 1.29 is 12.6 Å². The van der Waals surface area contributed by atoms with Gasteiger partial charge in [0, 0.05) is 22.1 Å². The van der Waals surface area contributed by atoms with Crippen molar-refractivity contribution in [2.75, 3.05) is 5.75 Å². The Morgan fingerprint density at radius 3 is 2.45 bits per heavy atom. The maximum Gasteiger partial charge on any atom is 0.347 e. The van der Waals surface area contributed by atoms with Crippen LogP contribution in [0.1, 0.15) is 6.92 Å². The van der Waals surface area contributed by atoms with Gasteiger partial charge in [0.1, 0.15) is 16.1 Å². The van der Waals surface area contributed by atoms with Gasteiger partial charge in [-0.1, -0.05) is 28.9 Å². The molecule has 2 rings (SSSR count). The van der Waals surface area contributed by atoms with Crippen molar-refractivity contribution in [3.63, 3.8) is 0 Å².